The SMILES string of the molecule is Cc1ccc(NC(=O)CSc2nc3ccccc3c(=O)n2CCc2cccs2)c(Cl)c1. The van der Waals surface area contributed by atoms with E-state index in [4.69, 9.17) is 11.6 Å². The van der Waals surface area contributed by atoms with Crippen LogP contribution in [0.3, 0.4) is 0 Å². The summed E-state index contributed by atoms with van der Waals surface area (Å²) < 4.78 is 1.67. The van der Waals surface area contributed by atoms with Crippen LogP contribution in [0.5, 0.6) is 0 Å². The maximum atomic E-state index is 13.1. The minimum atomic E-state index is -0.206. The summed E-state index contributed by atoms with van der Waals surface area (Å²) in [6.07, 6.45) is 0.732. The molecule has 1 amide bonds. The van der Waals surface area contributed by atoms with Crippen molar-refractivity contribution in [2.45, 2.75) is 25.0 Å². The second-order valence-corrected chi connectivity index (χ2v) is 9.40. The first-order chi connectivity index (χ1) is 15.0. The third-order valence-electron chi connectivity index (χ3n) is 4.72. The zero-order chi connectivity index (χ0) is 21.8. The lowest BCUT2D eigenvalue weighted by molar-refractivity contribution is -0.113. The third-order valence-corrected chi connectivity index (χ3v) is 6.94. The van der Waals surface area contributed by atoms with Gasteiger partial charge in [0.05, 0.1) is 27.4 Å². The topological polar surface area (TPSA) is 64.0 Å². The number of nitrogens with one attached hydrogen (secondary N) is 1. The van der Waals surface area contributed by atoms with Crippen LogP contribution in [-0.4, -0.2) is 21.2 Å². The largest absolute Gasteiger partial charge is 0.324 e. The molecule has 0 aliphatic heterocycles. The number of benzene rings is 2. The molecule has 4 aromatic rings. The number of nitrogens with zero attached hydrogens (tertiary/aromatic N) is 2. The number of aryl methyl sites for hydroxylation is 2. The Bertz CT molecular complexity index is 1290. The fourth-order valence-electron chi connectivity index (χ4n) is 3.17. The van der Waals surface area contributed by atoms with Gasteiger partial charge in [-0.1, -0.05) is 47.6 Å². The van der Waals surface area contributed by atoms with Gasteiger partial charge in [0.2, 0.25) is 5.91 Å². The highest BCUT2D eigenvalue weighted by Gasteiger charge is 2.14. The Kier molecular flexibility index (Phi) is 6.75. The molecule has 0 aliphatic rings. The first kappa shape index (κ1) is 21.6. The minimum Gasteiger partial charge on any atom is -0.324 e. The van der Waals surface area contributed by atoms with Crippen LogP contribution in [0, 0.1) is 6.92 Å². The molecule has 2 aromatic heterocycles. The van der Waals surface area contributed by atoms with Crippen LogP contribution in [0.15, 0.2) is 69.9 Å². The number of rotatable bonds is 7. The van der Waals surface area contributed by atoms with Crippen LogP contribution in [-0.2, 0) is 17.8 Å². The van der Waals surface area contributed by atoms with Crippen LogP contribution in [0.25, 0.3) is 10.9 Å². The van der Waals surface area contributed by atoms with E-state index >= 15 is 0 Å². The van der Waals surface area contributed by atoms with Gasteiger partial charge < -0.3 is 5.32 Å². The van der Waals surface area contributed by atoms with Gasteiger partial charge in [0.1, 0.15) is 0 Å². The lowest BCUT2D eigenvalue weighted by atomic mass is 10.2. The molecular formula is C23H20ClN3O2S2. The van der Waals surface area contributed by atoms with E-state index in [2.05, 4.69) is 16.4 Å². The van der Waals surface area contributed by atoms with Crippen LogP contribution in [0.1, 0.15) is 10.4 Å². The second kappa shape index (κ2) is 9.68. The van der Waals surface area contributed by atoms with Gasteiger partial charge in [0, 0.05) is 11.4 Å². The van der Waals surface area contributed by atoms with E-state index in [9.17, 15) is 9.59 Å². The molecule has 0 atom stereocenters. The van der Waals surface area contributed by atoms with Gasteiger partial charge in [0.15, 0.2) is 5.16 Å². The van der Waals surface area contributed by atoms with E-state index in [-0.39, 0.29) is 17.2 Å². The molecule has 1 N–H and O–H groups in total. The summed E-state index contributed by atoms with van der Waals surface area (Å²) in [5.41, 5.74) is 2.13. The Hall–Kier alpha value is -2.61. The van der Waals surface area contributed by atoms with E-state index in [1.807, 2.05) is 42.6 Å². The van der Waals surface area contributed by atoms with Crippen molar-refractivity contribution in [3.8, 4) is 0 Å². The number of thiophene rings is 1. The van der Waals surface area contributed by atoms with E-state index in [0.717, 1.165) is 12.0 Å². The van der Waals surface area contributed by atoms with Gasteiger partial charge in [-0.15, -0.1) is 11.3 Å². The van der Waals surface area contributed by atoms with E-state index in [1.54, 1.807) is 34.1 Å². The molecular weight excluding hydrogens is 450 g/mol. The first-order valence-corrected chi connectivity index (χ1v) is 12.0. The molecule has 0 radical (unpaired) electrons. The summed E-state index contributed by atoms with van der Waals surface area (Å²) in [6, 6.07) is 16.8. The van der Waals surface area contributed by atoms with Gasteiger partial charge in [0.25, 0.3) is 5.56 Å². The number of hydrogen-bond acceptors (Lipinski definition) is 5. The number of aromatic nitrogens is 2. The number of carbonyl (C=O) groups is 1. The van der Waals surface area contributed by atoms with Crippen molar-refractivity contribution in [3.05, 3.63) is 85.8 Å². The summed E-state index contributed by atoms with van der Waals surface area (Å²) in [5.74, 6) is -0.0866. The minimum absolute atomic E-state index is 0.0911. The molecule has 0 saturated heterocycles. The maximum absolute atomic E-state index is 13.1. The van der Waals surface area contributed by atoms with Gasteiger partial charge >= 0.3 is 0 Å². The molecule has 5 nitrogen and oxygen atoms in total. The van der Waals surface area contributed by atoms with Crippen LogP contribution in [0.2, 0.25) is 5.02 Å². The Morgan fingerprint density at radius 3 is 2.81 bits per heavy atom. The summed E-state index contributed by atoms with van der Waals surface area (Å²) in [7, 11) is 0. The van der Waals surface area contributed by atoms with Gasteiger partial charge in [-0.05, 0) is 54.6 Å². The summed E-state index contributed by atoms with van der Waals surface area (Å²) in [4.78, 5) is 31.5. The molecule has 31 heavy (non-hydrogen) atoms. The Morgan fingerprint density at radius 2 is 2.03 bits per heavy atom. The van der Waals surface area contributed by atoms with Gasteiger partial charge in [-0.25, -0.2) is 4.98 Å². The van der Waals surface area contributed by atoms with Crippen molar-refractivity contribution in [2.24, 2.45) is 0 Å². The van der Waals surface area contributed by atoms with Gasteiger partial charge in [-0.2, -0.15) is 0 Å². The van der Waals surface area contributed by atoms with Crippen LogP contribution >= 0.6 is 34.7 Å². The fraction of sp³-hybridized carbons (Fsp3) is 0.174. The number of hydrogen-bond donors (Lipinski definition) is 1. The smallest absolute Gasteiger partial charge is 0.262 e. The number of carbonyl (C=O) groups excluding carboxylic acids is 1. The molecule has 0 fully saturated rings. The van der Waals surface area contributed by atoms with Crippen molar-refractivity contribution in [1.29, 1.82) is 0 Å². The molecule has 4 rings (SSSR count). The summed E-state index contributed by atoms with van der Waals surface area (Å²) >= 11 is 9.12. The fourth-order valence-corrected chi connectivity index (χ4v) is 4.98. The predicted molar refractivity (Wildman–Crippen MR) is 130 cm³/mol. The number of amides is 1. The molecule has 2 aromatic carbocycles. The molecule has 158 valence electrons. The Balaban J connectivity index is 1.55. The van der Waals surface area contributed by atoms with Crippen molar-refractivity contribution >= 4 is 57.2 Å². The zero-order valence-electron chi connectivity index (χ0n) is 16.8. The Labute approximate surface area is 193 Å². The van der Waals surface area contributed by atoms with Crippen LogP contribution < -0.4 is 10.9 Å². The van der Waals surface area contributed by atoms with E-state index in [1.165, 1.54) is 16.6 Å². The van der Waals surface area contributed by atoms with Crippen LogP contribution in [0.4, 0.5) is 5.69 Å². The highest BCUT2D eigenvalue weighted by molar-refractivity contribution is 7.99. The maximum Gasteiger partial charge on any atom is 0.262 e. The van der Waals surface area contributed by atoms with Crippen molar-refractivity contribution in [1.82, 2.24) is 9.55 Å². The molecule has 0 aliphatic carbocycles. The first-order valence-electron chi connectivity index (χ1n) is 9.72. The lowest BCUT2D eigenvalue weighted by Crippen LogP contribution is -2.25. The zero-order valence-corrected chi connectivity index (χ0v) is 19.2. The number of halogens is 1. The highest BCUT2D eigenvalue weighted by Crippen LogP contribution is 2.24. The number of fused-ring (bicyclic) bond motifs is 1. The molecule has 2 heterocycles. The van der Waals surface area contributed by atoms with E-state index < -0.39 is 0 Å². The number of thioether (sulfide) groups is 1. The van der Waals surface area contributed by atoms with Gasteiger partial charge in [-0.3, -0.25) is 14.2 Å². The molecule has 8 heteroatoms. The van der Waals surface area contributed by atoms with E-state index in [0.29, 0.717) is 33.3 Å². The van der Waals surface area contributed by atoms with Crippen molar-refractivity contribution in [2.75, 3.05) is 11.1 Å². The molecule has 0 saturated carbocycles. The standard InChI is InChI=1S/C23H20ClN3O2S2/c1-15-8-9-20(18(24)13-15)25-21(28)14-31-23-26-19-7-3-2-6-17(19)22(29)27(23)11-10-16-5-4-12-30-16/h2-9,12-13H,10-11,14H2,1H3,(H,25,28). The molecule has 0 spiro atoms. The highest BCUT2D eigenvalue weighted by atomic mass is 35.5. The molecule has 0 unspecified atom stereocenters. The monoisotopic (exact) mass is 469 g/mol. The number of anilines is 1. The third kappa shape index (κ3) is 5.18. The Morgan fingerprint density at radius 1 is 1.19 bits per heavy atom. The molecule has 0 bridgehead atoms. The predicted octanol–water partition coefficient (Wildman–Crippen LogP) is 5.39. The average Bonchev–Trinajstić information content (AvgIpc) is 3.27. The van der Waals surface area contributed by atoms with Crippen molar-refractivity contribution < 1.29 is 4.79 Å². The lowest BCUT2D eigenvalue weighted by Gasteiger charge is -2.13. The summed E-state index contributed by atoms with van der Waals surface area (Å²) in [6.45, 7) is 2.44. The normalized spacial score (nSPS) is 11.0. The number of para-hydroxylation sites is 1. The summed E-state index contributed by atoms with van der Waals surface area (Å²) in [5, 5.41) is 6.45. The van der Waals surface area contributed by atoms with Crippen molar-refractivity contribution in [3.63, 3.8) is 0 Å². The quantitative estimate of drug-likeness (QED) is 0.291. The second-order valence-electron chi connectivity index (χ2n) is 7.02. The average molecular weight is 470 g/mol.